The molecule has 0 aromatic carbocycles. The largest absolute Gasteiger partial charge is 0.476 e. The van der Waals surface area contributed by atoms with Crippen LogP contribution >= 0.6 is 0 Å². The van der Waals surface area contributed by atoms with Gasteiger partial charge >= 0.3 is 5.69 Å². The van der Waals surface area contributed by atoms with Crippen LogP contribution < -0.4 is 4.74 Å². The maximum atomic E-state index is 10.9. The smallest absolute Gasteiger partial charge is 0.334 e. The van der Waals surface area contributed by atoms with Crippen molar-refractivity contribution in [1.82, 2.24) is 4.98 Å². The minimum absolute atomic E-state index is 0.0234. The summed E-state index contributed by atoms with van der Waals surface area (Å²) in [6.45, 7) is 1.78. The third-order valence-corrected chi connectivity index (χ3v) is 2.24. The van der Waals surface area contributed by atoms with E-state index in [2.05, 4.69) is 15.0 Å². The Kier molecular flexibility index (Phi) is 4.65. The Hall–Kier alpha value is -2.60. The zero-order valence-electron chi connectivity index (χ0n) is 9.90. The average molecular weight is 249 g/mol. The van der Waals surface area contributed by atoms with Gasteiger partial charge < -0.3 is 4.74 Å². The van der Waals surface area contributed by atoms with Crippen molar-refractivity contribution < 1.29 is 9.66 Å². The summed E-state index contributed by atoms with van der Waals surface area (Å²) < 4.78 is 4.84. The minimum Gasteiger partial charge on any atom is -0.476 e. The minimum atomic E-state index is -0.536. The van der Waals surface area contributed by atoms with E-state index < -0.39 is 4.92 Å². The second kappa shape index (κ2) is 6.21. The molecule has 8 nitrogen and oxygen atoms in total. The fraction of sp³-hybridized carbons (Fsp3) is 0.300. The SMILES string of the molecule is COc1ncc(C=CCN=[N+]=[N-])c(C)c1[N+](=O)[O-]. The van der Waals surface area contributed by atoms with Gasteiger partial charge in [-0.3, -0.25) is 10.1 Å². The highest BCUT2D eigenvalue weighted by atomic mass is 16.6. The molecular weight excluding hydrogens is 238 g/mol. The lowest BCUT2D eigenvalue weighted by molar-refractivity contribution is -0.386. The zero-order chi connectivity index (χ0) is 13.5. The van der Waals surface area contributed by atoms with Gasteiger partial charge in [-0.1, -0.05) is 17.3 Å². The van der Waals surface area contributed by atoms with Crippen LogP contribution in [0.1, 0.15) is 11.1 Å². The molecule has 1 aromatic rings. The van der Waals surface area contributed by atoms with Crippen molar-refractivity contribution in [2.45, 2.75) is 6.92 Å². The molecule has 0 aliphatic carbocycles. The number of nitro groups is 1. The molecular formula is C10H11N5O3. The lowest BCUT2D eigenvalue weighted by Crippen LogP contribution is -2.00. The van der Waals surface area contributed by atoms with Crippen molar-refractivity contribution in [1.29, 1.82) is 0 Å². The van der Waals surface area contributed by atoms with Gasteiger partial charge in [0.1, 0.15) is 0 Å². The van der Waals surface area contributed by atoms with Crippen LogP contribution in [0, 0.1) is 17.0 Å². The fourth-order valence-electron chi connectivity index (χ4n) is 1.38. The Bertz CT molecular complexity index is 535. The second-order valence-corrected chi connectivity index (χ2v) is 3.27. The van der Waals surface area contributed by atoms with Gasteiger partial charge in [0.05, 0.1) is 12.0 Å². The molecule has 94 valence electrons. The summed E-state index contributed by atoms with van der Waals surface area (Å²) in [5.41, 5.74) is 8.97. The zero-order valence-corrected chi connectivity index (χ0v) is 9.90. The van der Waals surface area contributed by atoms with Crippen molar-refractivity contribution >= 4 is 11.8 Å². The topological polar surface area (TPSA) is 114 Å². The van der Waals surface area contributed by atoms with Crippen LogP contribution in [0.5, 0.6) is 5.88 Å². The maximum Gasteiger partial charge on any atom is 0.334 e. The summed E-state index contributed by atoms with van der Waals surface area (Å²) in [7, 11) is 1.33. The van der Waals surface area contributed by atoms with E-state index in [1.807, 2.05) is 0 Å². The summed E-state index contributed by atoms with van der Waals surface area (Å²) in [6.07, 6.45) is 4.68. The third kappa shape index (κ3) is 2.96. The van der Waals surface area contributed by atoms with E-state index in [9.17, 15) is 10.1 Å². The number of hydrogen-bond acceptors (Lipinski definition) is 5. The molecule has 0 spiro atoms. The normalized spacial score (nSPS) is 10.1. The van der Waals surface area contributed by atoms with E-state index in [0.29, 0.717) is 11.1 Å². The molecule has 0 unspecified atom stereocenters. The molecule has 0 saturated carbocycles. The number of hydrogen-bond donors (Lipinski definition) is 0. The first-order valence-electron chi connectivity index (χ1n) is 4.97. The number of rotatable bonds is 5. The third-order valence-electron chi connectivity index (χ3n) is 2.24. The van der Waals surface area contributed by atoms with Crippen LogP contribution in [0.2, 0.25) is 0 Å². The van der Waals surface area contributed by atoms with Crippen LogP contribution in [-0.2, 0) is 0 Å². The number of azide groups is 1. The van der Waals surface area contributed by atoms with Crippen LogP contribution in [0.15, 0.2) is 17.4 Å². The molecule has 8 heteroatoms. The molecule has 0 N–H and O–H groups in total. The number of aromatic nitrogens is 1. The standard InChI is InChI=1S/C10H11N5O3/c1-7-8(4-3-5-13-14-11)6-12-10(18-2)9(7)15(16)17/h3-4,6H,5H2,1-2H3. The highest BCUT2D eigenvalue weighted by molar-refractivity contribution is 5.62. The average Bonchev–Trinajstić information content (AvgIpc) is 2.35. The maximum absolute atomic E-state index is 10.9. The Labute approximate surface area is 103 Å². The molecule has 0 saturated heterocycles. The Morgan fingerprint density at radius 3 is 3.00 bits per heavy atom. The molecule has 0 bridgehead atoms. The van der Waals surface area contributed by atoms with E-state index in [1.165, 1.54) is 13.3 Å². The van der Waals surface area contributed by atoms with Gasteiger partial charge in [0.15, 0.2) is 0 Å². The van der Waals surface area contributed by atoms with Crippen LogP contribution in [0.4, 0.5) is 5.69 Å². The summed E-state index contributed by atoms with van der Waals surface area (Å²) in [5, 5.41) is 14.2. The van der Waals surface area contributed by atoms with E-state index in [4.69, 9.17) is 10.3 Å². The molecule has 1 heterocycles. The fourth-order valence-corrected chi connectivity index (χ4v) is 1.38. The van der Waals surface area contributed by atoms with Crippen LogP contribution in [0.3, 0.4) is 0 Å². The number of pyridine rings is 1. The van der Waals surface area contributed by atoms with E-state index in [1.54, 1.807) is 19.1 Å². The first-order chi connectivity index (χ1) is 8.61. The van der Waals surface area contributed by atoms with Gasteiger partial charge in [0, 0.05) is 28.8 Å². The van der Waals surface area contributed by atoms with E-state index in [0.717, 1.165) is 0 Å². The first kappa shape index (κ1) is 13.5. The lowest BCUT2D eigenvalue weighted by Gasteiger charge is -2.05. The number of methoxy groups -OCH3 is 1. The van der Waals surface area contributed by atoms with Gasteiger partial charge in [-0.05, 0) is 12.5 Å². The van der Waals surface area contributed by atoms with E-state index in [-0.39, 0.29) is 18.1 Å². The van der Waals surface area contributed by atoms with Gasteiger partial charge in [0.2, 0.25) is 0 Å². The lowest BCUT2D eigenvalue weighted by atomic mass is 10.1. The van der Waals surface area contributed by atoms with Gasteiger partial charge in [0.25, 0.3) is 5.88 Å². The van der Waals surface area contributed by atoms with E-state index >= 15 is 0 Å². The first-order valence-corrected chi connectivity index (χ1v) is 4.97. The monoisotopic (exact) mass is 249 g/mol. The molecule has 0 radical (unpaired) electrons. The summed E-state index contributed by atoms with van der Waals surface area (Å²) >= 11 is 0. The molecule has 0 fully saturated rings. The summed E-state index contributed by atoms with van der Waals surface area (Å²) in [5.74, 6) is -0.0234. The van der Waals surface area contributed by atoms with Crippen molar-refractivity contribution in [3.05, 3.63) is 44.0 Å². The Balaban J connectivity index is 3.16. The summed E-state index contributed by atoms with van der Waals surface area (Å²) in [4.78, 5) is 16.8. The van der Waals surface area contributed by atoms with Crippen molar-refractivity contribution in [3.63, 3.8) is 0 Å². The molecule has 1 rings (SSSR count). The highest BCUT2D eigenvalue weighted by Crippen LogP contribution is 2.30. The predicted molar refractivity (Wildman–Crippen MR) is 65.2 cm³/mol. The molecule has 18 heavy (non-hydrogen) atoms. The van der Waals surface area contributed by atoms with Gasteiger partial charge in [-0.15, -0.1) is 0 Å². The number of nitrogens with zero attached hydrogens (tertiary/aromatic N) is 5. The second-order valence-electron chi connectivity index (χ2n) is 3.27. The molecule has 1 aromatic heterocycles. The van der Waals surface area contributed by atoms with Crippen LogP contribution in [-0.4, -0.2) is 23.6 Å². The Morgan fingerprint density at radius 2 is 2.44 bits per heavy atom. The molecule has 0 amide bonds. The quantitative estimate of drug-likeness (QED) is 0.262. The summed E-state index contributed by atoms with van der Waals surface area (Å²) in [6, 6.07) is 0. The molecule has 0 aliphatic rings. The highest BCUT2D eigenvalue weighted by Gasteiger charge is 2.21. The van der Waals surface area contributed by atoms with Crippen molar-refractivity contribution in [2.24, 2.45) is 5.11 Å². The molecule has 0 atom stereocenters. The molecule has 0 aliphatic heterocycles. The number of ether oxygens (including phenoxy) is 1. The Morgan fingerprint density at radius 1 is 1.72 bits per heavy atom. The van der Waals surface area contributed by atoms with Crippen molar-refractivity contribution in [2.75, 3.05) is 13.7 Å². The van der Waals surface area contributed by atoms with Gasteiger partial charge in [-0.2, -0.15) is 0 Å². The van der Waals surface area contributed by atoms with Gasteiger partial charge in [-0.25, -0.2) is 4.98 Å². The van der Waals surface area contributed by atoms with Crippen LogP contribution in [0.25, 0.3) is 16.5 Å². The predicted octanol–water partition coefficient (Wildman–Crippen LogP) is 2.63. The van der Waals surface area contributed by atoms with Crippen molar-refractivity contribution in [3.8, 4) is 5.88 Å².